The Bertz CT molecular complexity index is 327. The first-order valence-corrected chi connectivity index (χ1v) is 4.02. The Morgan fingerprint density at radius 3 is 2.21 bits per heavy atom. The van der Waals surface area contributed by atoms with Crippen molar-refractivity contribution in [2.24, 2.45) is 5.73 Å². The van der Waals surface area contributed by atoms with Gasteiger partial charge in [-0.05, 0) is 12.5 Å². The summed E-state index contributed by atoms with van der Waals surface area (Å²) in [6.07, 6.45) is -0.123. The van der Waals surface area contributed by atoms with Crippen LogP contribution in [0.1, 0.15) is 18.0 Å². The lowest BCUT2D eigenvalue weighted by molar-refractivity contribution is 0.429. The maximum Gasteiger partial charge on any atom is 0.161 e. The minimum Gasteiger partial charge on any atom is -0.324 e. The maximum absolute atomic E-state index is 13.0. The number of hydrogen-bond donors (Lipinski definition) is 1. The fraction of sp³-hybridized carbons (Fsp3) is 0.333. The zero-order valence-corrected chi connectivity index (χ0v) is 7.24. The topological polar surface area (TPSA) is 26.0 Å². The van der Waals surface area contributed by atoms with Crippen molar-refractivity contribution in [1.29, 1.82) is 0 Å². The summed E-state index contributed by atoms with van der Waals surface area (Å²) < 4.78 is 50.0. The van der Waals surface area contributed by atoms with E-state index in [-0.39, 0.29) is 12.0 Å². The molecule has 0 saturated heterocycles. The third-order valence-electron chi connectivity index (χ3n) is 1.86. The first-order chi connectivity index (χ1) is 6.56. The molecule has 5 heteroatoms. The molecule has 0 spiro atoms. The fourth-order valence-electron chi connectivity index (χ4n) is 1.10. The molecule has 0 bridgehead atoms. The molecule has 0 aliphatic carbocycles. The van der Waals surface area contributed by atoms with Crippen LogP contribution in [-0.2, 0) is 0 Å². The minimum absolute atomic E-state index is 0.123. The highest BCUT2D eigenvalue weighted by Crippen LogP contribution is 2.20. The van der Waals surface area contributed by atoms with Crippen LogP contribution in [0.2, 0.25) is 0 Å². The predicted molar refractivity (Wildman–Crippen MR) is 43.8 cm³/mol. The number of halogens is 4. The highest BCUT2D eigenvalue weighted by Gasteiger charge is 2.15. The number of nitrogens with two attached hydrogens (primary N) is 1. The highest BCUT2D eigenvalue weighted by atomic mass is 19.2. The summed E-state index contributed by atoms with van der Waals surface area (Å²) in [6.45, 7) is -0.737. The van der Waals surface area contributed by atoms with Crippen molar-refractivity contribution < 1.29 is 17.6 Å². The second-order valence-corrected chi connectivity index (χ2v) is 2.87. The molecule has 14 heavy (non-hydrogen) atoms. The third kappa shape index (κ3) is 2.23. The molecule has 1 rings (SSSR count). The zero-order valence-electron chi connectivity index (χ0n) is 7.24. The van der Waals surface area contributed by atoms with Gasteiger partial charge in [-0.2, -0.15) is 0 Å². The van der Waals surface area contributed by atoms with Crippen LogP contribution in [0.25, 0.3) is 0 Å². The summed E-state index contributed by atoms with van der Waals surface area (Å²) in [5.41, 5.74) is 5.15. The van der Waals surface area contributed by atoms with E-state index in [1.165, 1.54) is 0 Å². The minimum atomic E-state index is -1.28. The summed E-state index contributed by atoms with van der Waals surface area (Å²) >= 11 is 0. The Morgan fingerprint density at radius 1 is 1.07 bits per heavy atom. The molecule has 1 nitrogen and oxygen atoms in total. The van der Waals surface area contributed by atoms with Crippen LogP contribution >= 0.6 is 0 Å². The van der Waals surface area contributed by atoms with Gasteiger partial charge in [0.05, 0.1) is 6.67 Å². The molecule has 0 unspecified atom stereocenters. The second-order valence-electron chi connectivity index (χ2n) is 2.87. The van der Waals surface area contributed by atoms with Gasteiger partial charge in [-0.15, -0.1) is 0 Å². The van der Waals surface area contributed by atoms with E-state index in [1.54, 1.807) is 0 Å². The van der Waals surface area contributed by atoms with Crippen LogP contribution in [-0.4, -0.2) is 6.67 Å². The molecule has 2 N–H and O–H groups in total. The predicted octanol–water partition coefficient (Wildman–Crippen LogP) is 2.46. The molecule has 0 saturated carbocycles. The number of rotatable bonds is 3. The molecular formula is C9H9F4N. The standard InChI is InChI=1S/C9H9F4N/c10-2-1-9(14)5-3-7(12)8(13)4-6(5)11/h3-4,9H,1-2,14H2/t9-/m0/s1. The lowest BCUT2D eigenvalue weighted by Gasteiger charge is -2.11. The van der Waals surface area contributed by atoms with Gasteiger partial charge in [0.25, 0.3) is 0 Å². The summed E-state index contributed by atoms with van der Waals surface area (Å²) in [5, 5.41) is 0. The molecule has 78 valence electrons. The van der Waals surface area contributed by atoms with Crippen LogP contribution in [0, 0.1) is 17.5 Å². The monoisotopic (exact) mass is 207 g/mol. The van der Waals surface area contributed by atoms with Crippen molar-refractivity contribution in [2.75, 3.05) is 6.67 Å². The van der Waals surface area contributed by atoms with Crippen LogP contribution in [0.15, 0.2) is 12.1 Å². The Balaban J connectivity index is 3.02. The van der Waals surface area contributed by atoms with Crippen molar-refractivity contribution in [2.45, 2.75) is 12.5 Å². The lowest BCUT2D eigenvalue weighted by atomic mass is 10.0. The molecule has 1 atom stereocenters. The van der Waals surface area contributed by atoms with E-state index in [2.05, 4.69) is 0 Å². The largest absolute Gasteiger partial charge is 0.324 e. The first-order valence-electron chi connectivity index (χ1n) is 4.02. The van der Waals surface area contributed by atoms with Crippen molar-refractivity contribution >= 4 is 0 Å². The number of benzene rings is 1. The van der Waals surface area contributed by atoms with Crippen molar-refractivity contribution in [3.63, 3.8) is 0 Å². The third-order valence-corrected chi connectivity index (χ3v) is 1.86. The SMILES string of the molecule is N[C@@H](CCF)c1cc(F)c(F)cc1F. The Hall–Kier alpha value is -1.10. The molecule has 0 amide bonds. The van der Waals surface area contributed by atoms with E-state index < -0.39 is 30.2 Å². The summed E-state index contributed by atoms with van der Waals surface area (Å²) in [4.78, 5) is 0. The molecule has 1 aromatic carbocycles. The van der Waals surface area contributed by atoms with Crippen LogP contribution < -0.4 is 5.73 Å². The second kappa shape index (κ2) is 4.41. The molecule has 0 aromatic heterocycles. The highest BCUT2D eigenvalue weighted by molar-refractivity contribution is 5.23. The van der Waals surface area contributed by atoms with E-state index in [0.29, 0.717) is 12.1 Å². The van der Waals surface area contributed by atoms with Gasteiger partial charge >= 0.3 is 0 Å². The number of alkyl halides is 1. The van der Waals surface area contributed by atoms with Crippen molar-refractivity contribution in [3.8, 4) is 0 Å². The smallest absolute Gasteiger partial charge is 0.161 e. The van der Waals surface area contributed by atoms with Crippen LogP contribution in [0.5, 0.6) is 0 Å². The molecule has 0 aliphatic heterocycles. The van der Waals surface area contributed by atoms with Gasteiger partial charge in [0.2, 0.25) is 0 Å². The molecule has 0 fully saturated rings. The van der Waals surface area contributed by atoms with Gasteiger partial charge in [0, 0.05) is 17.7 Å². The van der Waals surface area contributed by atoms with Gasteiger partial charge < -0.3 is 5.73 Å². The van der Waals surface area contributed by atoms with Gasteiger partial charge in [0.15, 0.2) is 11.6 Å². The summed E-state index contributed by atoms with van der Waals surface area (Å²) in [5.74, 6) is -3.42. The molecule has 0 aliphatic rings. The molecule has 0 heterocycles. The van der Waals surface area contributed by atoms with Gasteiger partial charge in [-0.25, -0.2) is 13.2 Å². The lowest BCUT2D eigenvalue weighted by Crippen LogP contribution is -2.13. The summed E-state index contributed by atoms with van der Waals surface area (Å²) in [7, 11) is 0. The zero-order chi connectivity index (χ0) is 10.7. The average molecular weight is 207 g/mol. The van der Waals surface area contributed by atoms with E-state index >= 15 is 0 Å². The van der Waals surface area contributed by atoms with Gasteiger partial charge in [-0.3, -0.25) is 4.39 Å². The van der Waals surface area contributed by atoms with Gasteiger partial charge in [-0.1, -0.05) is 0 Å². The average Bonchev–Trinajstić information content (AvgIpc) is 2.11. The van der Waals surface area contributed by atoms with E-state index in [9.17, 15) is 17.6 Å². The Kier molecular flexibility index (Phi) is 3.46. The number of hydrogen-bond acceptors (Lipinski definition) is 1. The fourth-order valence-corrected chi connectivity index (χ4v) is 1.10. The molecular weight excluding hydrogens is 198 g/mol. The molecule has 1 aromatic rings. The van der Waals surface area contributed by atoms with E-state index in [1.807, 2.05) is 0 Å². The van der Waals surface area contributed by atoms with Crippen LogP contribution in [0.4, 0.5) is 17.6 Å². The van der Waals surface area contributed by atoms with Crippen LogP contribution in [0.3, 0.4) is 0 Å². The van der Waals surface area contributed by atoms with Crippen molar-refractivity contribution in [1.82, 2.24) is 0 Å². The Morgan fingerprint density at radius 2 is 1.64 bits per heavy atom. The maximum atomic E-state index is 13.0. The molecule has 0 radical (unpaired) electrons. The Labute approximate surface area is 78.5 Å². The van der Waals surface area contributed by atoms with E-state index in [4.69, 9.17) is 5.73 Å². The van der Waals surface area contributed by atoms with Gasteiger partial charge in [0.1, 0.15) is 5.82 Å². The first kappa shape index (κ1) is 11.0. The summed E-state index contributed by atoms with van der Waals surface area (Å²) in [6, 6.07) is 0.114. The van der Waals surface area contributed by atoms with E-state index in [0.717, 1.165) is 0 Å². The van der Waals surface area contributed by atoms with Crippen molar-refractivity contribution in [3.05, 3.63) is 35.1 Å². The quantitative estimate of drug-likeness (QED) is 0.598. The normalized spacial score (nSPS) is 12.9.